The van der Waals surface area contributed by atoms with Crippen LogP contribution in [0.4, 0.5) is 17.8 Å². The van der Waals surface area contributed by atoms with Gasteiger partial charge in [0.25, 0.3) is 0 Å². The fourth-order valence-electron chi connectivity index (χ4n) is 2.29. The number of aromatic nitrogens is 3. The SMILES string of the molecule is CCCN(CC)c1nc(NN)nc(N2CCCC2)n1. The maximum absolute atomic E-state index is 5.46. The Hall–Kier alpha value is -1.63. The van der Waals surface area contributed by atoms with Gasteiger partial charge in [-0.2, -0.15) is 15.0 Å². The zero-order valence-electron chi connectivity index (χ0n) is 11.8. The molecule has 1 aromatic heterocycles. The maximum Gasteiger partial charge on any atom is 0.243 e. The van der Waals surface area contributed by atoms with E-state index in [0.717, 1.165) is 38.5 Å². The van der Waals surface area contributed by atoms with E-state index in [0.29, 0.717) is 11.9 Å². The minimum Gasteiger partial charge on any atom is -0.341 e. The van der Waals surface area contributed by atoms with E-state index in [-0.39, 0.29) is 0 Å². The molecule has 1 aliphatic heterocycles. The third-order valence-corrected chi connectivity index (χ3v) is 3.29. The summed E-state index contributed by atoms with van der Waals surface area (Å²) in [6, 6.07) is 0. The highest BCUT2D eigenvalue weighted by atomic mass is 15.4. The molecule has 1 aliphatic rings. The molecule has 19 heavy (non-hydrogen) atoms. The number of nitrogens with zero attached hydrogens (tertiary/aromatic N) is 5. The molecule has 0 aliphatic carbocycles. The van der Waals surface area contributed by atoms with E-state index >= 15 is 0 Å². The molecule has 7 heteroatoms. The Labute approximate surface area is 114 Å². The highest BCUT2D eigenvalue weighted by Crippen LogP contribution is 2.20. The zero-order valence-corrected chi connectivity index (χ0v) is 11.8. The summed E-state index contributed by atoms with van der Waals surface area (Å²) in [5.41, 5.74) is 2.54. The molecule has 1 aromatic rings. The molecule has 1 saturated heterocycles. The summed E-state index contributed by atoms with van der Waals surface area (Å²) < 4.78 is 0. The molecular formula is C12H23N7. The topological polar surface area (TPSA) is 83.2 Å². The van der Waals surface area contributed by atoms with Gasteiger partial charge in [-0.15, -0.1) is 0 Å². The number of nitrogens with two attached hydrogens (primary N) is 1. The summed E-state index contributed by atoms with van der Waals surface area (Å²) in [7, 11) is 0. The Balaban J connectivity index is 2.28. The van der Waals surface area contributed by atoms with Crippen molar-refractivity contribution in [3.63, 3.8) is 0 Å². The van der Waals surface area contributed by atoms with Crippen molar-refractivity contribution in [1.82, 2.24) is 15.0 Å². The van der Waals surface area contributed by atoms with Crippen LogP contribution in [0.15, 0.2) is 0 Å². The number of nitrogen functional groups attached to an aromatic ring is 1. The van der Waals surface area contributed by atoms with Crippen molar-refractivity contribution in [3.05, 3.63) is 0 Å². The van der Waals surface area contributed by atoms with Gasteiger partial charge in [-0.3, -0.25) is 5.43 Å². The quantitative estimate of drug-likeness (QED) is 0.586. The normalized spacial score (nSPS) is 14.8. The summed E-state index contributed by atoms with van der Waals surface area (Å²) in [5, 5.41) is 0. The zero-order chi connectivity index (χ0) is 13.7. The number of rotatable bonds is 6. The molecule has 0 saturated carbocycles. The molecular weight excluding hydrogens is 242 g/mol. The fraction of sp³-hybridized carbons (Fsp3) is 0.750. The Bertz CT molecular complexity index is 403. The van der Waals surface area contributed by atoms with Crippen molar-refractivity contribution in [3.8, 4) is 0 Å². The van der Waals surface area contributed by atoms with Crippen LogP contribution < -0.4 is 21.1 Å². The lowest BCUT2D eigenvalue weighted by atomic mass is 10.4. The fourth-order valence-corrected chi connectivity index (χ4v) is 2.29. The number of hydrogen-bond acceptors (Lipinski definition) is 7. The highest BCUT2D eigenvalue weighted by Gasteiger charge is 2.18. The van der Waals surface area contributed by atoms with Gasteiger partial charge in [-0.1, -0.05) is 6.92 Å². The average Bonchev–Trinajstić information content (AvgIpc) is 2.98. The smallest absolute Gasteiger partial charge is 0.243 e. The standard InChI is InChI=1S/C12H23N7/c1-3-7-18(4-2)11-14-10(17-13)15-12(16-11)19-8-5-6-9-19/h3-9,13H2,1-2H3,(H,14,15,16,17). The van der Waals surface area contributed by atoms with Gasteiger partial charge in [0.05, 0.1) is 0 Å². The van der Waals surface area contributed by atoms with Crippen molar-refractivity contribution in [2.24, 2.45) is 5.84 Å². The van der Waals surface area contributed by atoms with Gasteiger partial charge in [-0.25, -0.2) is 5.84 Å². The van der Waals surface area contributed by atoms with Gasteiger partial charge in [-0.05, 0) is 26.2 Å². The largest absolute Gasteiger partial charge is 0.341 e. The van der Waals surface area contributed by atoms with Crippen LogP contribution in [-0.4, -0.2) is 41.1 Å². The van der Waals surface area contributed by atoms with Crippen LogP contribution in [0.2, 0.25) is 0 Å². The molecule has 0 bridgehead atoms. The molecule has 0 unspecified atom stereocenters. The minimum absolute atomic E-state index is 0.432. The van der Waals surface area contributed by atoms with Crippen molar-refractivity contribution >= 4 is 17.8 Å². The summed E-state index contributed by atoms with van der Waals surface area (Å²) in [5.74, 6) is 7.32. The van der Waals surface area contributed by atoms with Crippen molar-refractivity contribution in [2.45, 2.75) is 33.1 Å². The maximum atomic E-state index is 5.46. The summed E-state index contributed by atoms with van der Waals surface area (Å²) in [6.07, 6.45) is 3.45. The number of hydrogen-bond donors (Lipinski definition) is 2. The van der Waals surface area contributed by atoms with Crippen LogP contribution in [0.5, 0.6) is 0 Å². The first-order valence-electron chi connectivity index (χ1n) is 7.01. The monoisotopic (exact) mass is 265 g/mol. The Morgan fingerprint density at radius 2 is 1.95 bits per heavy atom. The Morgan fingerprint density at radius 1 is 1.21 bits per heavy atom. The van der Waals surface area contributed by atoms with E-state index in [9.17, 15) is 0 Å². The van der Waals surface area contributed by atoms with E-state index in [2.05, 4.69) is 44.0 Å². The first kappa shape index (κ1) is 13.8. The van der Waals surface area contributed by atoms with E-state index in [1.165, 1.54) is 12.8 Å². The molecule has 0 spiro atoms. The second-order valence-electron chi connectivity index (χ2n) is 4.68. The van der Waals surface area contributed by atoms with E-state index in [1.54, 1.807) is 0 Å². The lowest BCUT2D eigenvalue weighted by molar-refractivity contribution is 0.751. The molecule has 0 atom stereocenters. The van der Waals surface area contributed by atoms with Gasteiger partial charge in [0.1, 0.15) is 0 Å². The van der Waals surface area contributed by atoms with Gasteiger partial charge >= 0.3 is 0 Å². The predicted octanol–water partition coefficient (Wildman–Crippen LogP) is 0.994. The van der Waals surface area contributed by atoms with Crippen LogP contribution in [-0.2, 0) is 0 Å². The molecule has 7 nitrogen and oxygen atoms in total. The highest BCUT2D eigenvalue weighted by molar-refractivity contribution is 5.45. The first-order valence-corrected chi connectivity index (χ1v) is 7.01. The van der Waals surface area contributed by atoms with Crippen LogP contribution in [0, 0.1) is 0 Å². The second kappa shape index (κ2) is 6.51. The van der Waals surface area contributed by atoms with E-state index in [1.807, 2.05) is 0 Å². The molecule has 0 aromatic carbocycles. The van der Waals surface area contributed by atoms with E-state index < -0.39 is 0 Å². The lowest BCUT2D eigenvalue weighted by Crippen LogP contribution is -2.29. The van der Waals surface area contributed by atoms with Crippen LogP contribution in [0.25, 0.3) is 0 Å². The van der Waals surface area contributed by atoms with Crippen LogP contribution in [0.1, 0.15) is 33.1 Å². The molecule has 2 rings (SSSR count). The molecule has 2 heterocycles. The summed E-state index contributed by atoms with van der Waals surface area (Å²) in [6.45, 7) is 8.07. The molecule has 0 amide bonds. The lowest BCUT2D eigenvalue weighted by Gasteiger charge is -2.22. The Morgan fingerprint density at radius 3 is 2.53 bits per heavy atom. The molecule has 106 valence electrons. The summed E-state index contributed by atoms with van der Waals surface area (Å²) in [4.78, 5) is 17.6. The first-order chi connectivity index (χ1) is 9.28. The van der Waals surface area contributed by atoms with Crippen molar-refractivity contribution in [2.75, 3.05) is 41.4 Å². The van der Waals surface area contributed by atoms with Gasteiger partial charge in [0.15, 0.2) is 0 Å². The number of anilines is 3. The van der Waals surface area contributed by atoms with Crippen molar-refractivity contribution < 1.29 is 0 Å². The third kappa shape index (κ3) is 3.23. The van der Waals surface area contributed by atoms with E-state index in [4.69, 9.17) is 5.84 Å². The molecule has 1 fully saturated rings. The molecule has 3 N–H and O–H groups in total. The summed E-state index contributed by atoms with van der Waals surface area (Å²) >= 11 is 0. The third-order valence-electron chi connectivity index (χ3n) is 3.29. The second-order valence-corrected chi connectivity index (χ2v) is 4.68. The predicted molar refractivity (Wildman–Crippen MR) is 77.3 cm³/mol. The number of hydrazine groups is 1. The molecule has 0 radical (unpaired) electrons. The average molecular weight is 265 g/mol. The number of nitrogens with one attached hydrogen (secondary N) is 1. The van der Waals surface area contributed by atoms with Gasteiger partial charge in [0, 0.05) is 26.2 Å². The van der Waals surface area contributed by atoms with Gasteiger partial charge in [0.2, 0.25) is 17.8 Å². The van der Waals surface area contributed by atoms with Crippen LogP contribution in [0.3, 0.4) is 0 Å². The van der Waals surface area contributed by atoms with Crippen molar-refractivity contribution in [1.29, 1.82) is 0 Å². The van der Waals surface area contributed by atoms with Gasteiger partial charge < -0.3 is 9.80 Å². The Kier molecular flexibility index (Phi) is 4.73. The van der Waals surface area contributed by atoms with Crippen LogP contribution >= 0.6 is 0 Å². The minimum atomic E-state index is 0.432.